The highest BCUT2D eigenvalue weighted by atomic mass is 16.5. The predicted octanol–water partition coefficient (Wildman–Crippen LogP) is 1.34. The summed E-state index contributed by atoms with van der Waals surface area (Å²) >= 11 is 0. The van der Waals surface area contributed by atoms with Gasteiger partial charge in [0.05, 0.1) is 5.56 Å². The number of hydrogen-bond acceptors (Lipinski definition) is 8. The van der Waals surface area contributed by atoms with Gasteiger partial charge < -0.3 is 20.3 Å². The standard InChI is InChI=1S/C18H18N6O3/c1-10-6-15(22-9-13(10)16(19)25)18-23-17(24-27-18)14-7-11(3-5-21-14)26-12-2-4-20-8-12/h3,5-7,9,12,20H,2,4,8H2,1H3,(H2,19,25). The van der Waals surface area contributed by atoms with Crippen molar-refractivity contribution in [3.63, 3.8) is 0 Å². The Bertz CT molecular complexity index is 981. The summed E-state index contributed by atoms with van der Waals surface area (Å²) in [4.78, 5) is 24.1. The summed E-state index contributed by atoms with van der Waals surface area (Å²) in [7, 11) is 0. The average molecular weight is 366 g/mol. The number of nitrogens with two attached hydrogens (primary N) is 1. The minimum atomic E-state index is -0.531. The number of amides is 1. The lowest BCUT2D eigenvalue weighted by Gasteiger charge is -2.12. The Hall–Kier alpha value is -3.33. The highest BCUT2D eigenvalue weighted by Gasteiger charge is 2.18. The highest BCUT2D eigenvalue weighted by molar-refractivity contribution is 5.94. The van der Waals surface area contributed by atoms with Crippen molar-refractivity contribution in [2.75, 3.05) is 13.1 Å². The summed E-state index contributed by atoms with van der Waals surface area (Å²) in [5, 5.41) is 7.23. The predicted molar refractivity (Wildman–Crippen MR) is 95.9 cm³/mol. The summed E-state index contributed by atoms with van der Waals surface area (Å²) < 4.78 is 11.2. The van der Waals surface area contributed by atoms with Gasteiger partial charge in [0.25, 0.3) is 11.8 Å². The molecule has 1 saturated heterocycles. The summed E-state index contributed by atoms with van der Waals surface area (Å²) in [6, 6.07) is 5.26. The van der Waals surface area contributed by atoms with E-state index in [0.29, 0.717) is 34.1 Å². The monoisotopic (exact) mass is 366 g/mol. The average Bonchev–Trinajstić information content (AvgIpc) is 3.33. The van der Waals surface area contributed by atoms with Crippen LogP contribution in [0.2, 0.25) is 0 Å². The summed E-state index contributed by atoms with van der Waals surface area (Å²) in [5.74, 6) is 0.742. The molecule has 9 nitrogen and oxygen atoms in total. The zero-order valence-corrected chi connectivity index (χ0v) is 14.7. The molecule has 27 heavy (non-hydrogen) atoms. The Kier molecular flexibility index (Phi) is 4.51. The number of carbonyl (C=O) groups excluding carboxylic acids is 1. The van der Waals surface area contributed by atoms with Gasteiger partial charge >= 0.3 is 0 Å². The van der Waals surface area contributed by atoms with Crippen molar-refractivity contribution in [2.24, 2.45) is 5.73 Å². The van der Waals surface area contributed by atoms with E-state index in [4.69, 9.17) is 15.0 Å². The molecule has 4 rings (SSSR count). The van der Waals surface area contributed by atoms with Crippen LogP contribution in [0.3, 0.4) is 0 Å². The molecule has 0 bridgehead atoms. The van der Waals surface area contributed by atoms with Crippen LogP contribution >= 0.6 is 0 Å². The van der Waals surface area contributed by atoms with Crippen molar-refractivity contribution in [1.29, 1.82) is 0 Å². The smallest absolute Gasteiger partial charge is 0.276 e. The fourth-order valence-corrected chi connectivity index (χ4v) is 2.89. The van der Waals surface area contributed by atoms with Crippen molar-refractivity contribution in [1.82, 2.24) is 25.4 Å². The molecule has 1 amide bonds. The zero-order chi connectivity index (χ0) is 18.8. The van der Waals surface area contributed by atoms with E-state index in [1.54, 1.807) is 31.3 Å². The van der Waals surface area contributed by atoms with Gasteiger partial charge in [0.1, 0.15) is 23.2 Å². The van der Waals surface area contributed by atoms with Crippen LogP contribution in [-0.2, 0) is 0 Å². The first kappa shape index (κ1) is 17.1. The summed E-state index contributed by atoms with van der Waals surface area (Å²) in [6.45, 7) is 3.55. The second-order valence-electron chi connectivity index (χ2n) is 6.28. The lowest BCUT2D eigenvalue weighted by atomic mass is 10.1. The Balaban J connectivity index is 1.57. The summed E-state index contributed by atoms with van der Waals surface area (Å²) in [5.41, 5.74) is 7.34. The maximum absolute atomic E-state index is 11.3. The normalized spacial score (nSPS) is 16.4. The van der Waals surface area contributed by atoms with E-state index in [1.165, 1.54) is 6.20 Å². The largest absolute Gasteiger partial charge is 0.489 e. The molecule has 0 aromatic carbocycles. The summed E-state index contributed by atoms with van der Waals surface area (Å²) in [6.07, 6.45) is 4.17. The van der Waals surface area contributed by atoms with Crippen LogP contribution in [0.1, 0.15) is 22.3 Å². The van der Waals surface area contributed by atoms with Crippen LogP contribution in [0, 0.1) is 6.92 Å². The van der Waals surface area contributed by atoms with Gasteiger partial charge in [0.15, 0.2) is 0 Å². The van der Waals surface area contributed by atoms with Crippen molar-refractivity contribution >= 4 is 5.91 Å². The topological polar surface area (TPSA) is 129 Å². The number of pyridine rings is 2. The molecule has 138 valence electrons. The second-order valence-corrected chi connectivity index (χ2v) is 6.28. The molecule has 1 aliphatic rings. The fraction of sp³-hybridized carbons (Fsp3) is 0.278. The van der Waals surface area contributed by atoms with Crippen LogP contribution in [0.15, 0.2) is 35.1 Å². The molecule has 1 unspecified atom stereocenters. The minimum Gasteiger partial charge on any atom is -0.489 e. The highest BCUT2D eigenvalue weighted by Crippen LogP contribution is 2.24. The number of ether oxygens (including phenoxy) is 1. The Morgan fingerprint density at radius 3 is 2.96 bits per heavy atom. The molecule has 0 radical (unpaired) electrons. The van der Waals surface area contributed by atoms with E-state index in [-0.39, 0.29) is 12.0 Å². The first-order valence-electron chi connectivity index (χ1n) is 8.54. The number of rotatable bonds is 5. The van der Waals surface area contributed by atoms with E-state index in [1.807, 2.05) is 0 Å². The quantitative estimate of drug-likeness (QED) is 0.692. The molecule has 1 atom stereocenters. The van der Waals surface area contributed by atoms with Crippen LogP contribution in [0.5, 0.6) is 5.75 Å². The second kappa shape index (κ2) is 7.12. The van der Waals surface area contributed by atoms with E-state index in [2.05, 4.69) is 25.4 Å². The molecule has 4 heterocycles. The molecule has 3 aromatic heterocycles. The lowest BCUT2D eigenvalue weighted by molar-refractivity contribution is 0.0999. The molecule has 0 saturated carbocycles. The van der Waals surface area contributed by atoms with Gasteiger partial charge in [0, 0.05) is 25.0 Å². The van der Waals surface area contributed by atoms with Crippen molar-refractivity contribution in [3.05, 3.63) is 41.7 Å². The van der Waals surface area contributed by atoms with E-state index in [9.17, 15) is 4.79 Å². The number of aryl methyl sites for hydroxylation is 1. The maximum Gasteiger partial charge on any atom is 0.276 e. The third-order valence-corrected chi connectivity index (χ3v) is 4.30. The molecule has 3 aromatic rings. The molecule has 3 N–H and O–H groups in total. The van der Waals surface area contributed by atoms with Gasteiger partial charge in [0.2, 0.25) is 5.82 Å². The number of carbonyl (C=O) groups is 1. The van der Waals surface area contributed by atoms with Crippen molar-refractivity contribution < 1.29 is 14.1 Å². The number of nitrogens with one attached hydrogen (secondary N) is 1. The van der Waals surface area contributed by atoms with Crippen LogP contribution in [-0.4, -0.2) is 45.2 Å². The Morgan fingerprint density at radius 2 is 2.22 bits per heavy atom. The van der Waals surface area contributed by atoms with E-state index >= 15 is 0 Å². The SMILES string of the molecule is Cc1cc(-c2nc(-c3cc(OC4CCNC4)ccn3)no2)ncc1C(N)=O. The van der Waals surface area contributed by atoms with Gasteiger partial charge in [-0.2, -0.15) is 4.98 Å². The van der Waals surface area contributed by atoms with Crippen molar-refractivity contribution in [3.8, 4) is 28.9 Å². The van der Waals surface area contributed by atoms with Crippen molar-refractivity contribution in [2.45, 2.75) is 19.4 Å². The van der Waals surface area contributed by atoms with E-state index in [0.717, 1.165) is 19.5 Å². The number of primary amides is 1. The lowest BCUT2D eigenvalue weighted by Crippen LogP contribution is -2.19. The Morgan fingerprint density at radius 1 is 1.33 bits per heavy atom. The molecule has 0 spiro atoms. The third kappa shape index (κ3) is 3.63. The van der Waals surface area contributed by atoms with Gasteiger partial charge in [-0.25, -0.2) is 0 Å². The molecule has 1 fully saturated rings. The maximum atomic E-state index is 11.3. The van der Waals surface area contributed by atoms with Crippen LogP contribution in [0.25, 0.3) is 23.1 Å². The van der Waals surface area contributed by atoms with Gasteiger partial charge in [-0.15, -0.1) is 0 Å². The third-order valence-electron chi connectivity index (χ3n) is 4.30. The first-order chi connectivity index (χ1) is 13.1. The zero-order valence-electron chi connectivity index (χ0n) is 14.7. The number of aromatic nitrogens is 4. The number of hydrogen-bond donors (Lipinski definition) is 2. The fourth-order valence-electron chi connectivity index (χ4n) is 2.89. The van der Waals surface area contributed by atoms with Gasteiger partial charge in [-0.3, -0.25) is 14.8 Å². The van der Waals surface area contributed by atoms with Crippen LogP contribution < -0.4 is 15.8 Å². The molecule has 1 aliphatic heterocycles. The molecular weight excluding hydrogens is 348 g/mol. The molecule has 0 aliphatic carbocycles. The van der Waals surface area contributed by atoms with Gasteiger partial charge in [-0.1, -0.05) is 5.16 Å². The van der Waals surface area contributed by atoms with Gasteiger partial charge in [-0.05, 0) is 37.6 Å². The number of nitrogens with zero attached hydrogens (tertiary/aromatic N) is 4. The van der Waals surface area contributed by atoms with Crippen LogP contribution in [0.4, 0.5) is 0 Å². The first-order valence-corrected chi connectivity index (χ1v) is 8.54. The molecule has 9 heteroatoms. The Labute approximate surface area is 155 Å². The molecular formula is C18H18N6O3. The van der Waals surface area contributed by atoms with E-state index < -0.39 is 5.91 Å². The minimum absolute atomic E-state index is 0.150.